The van der Waals surface area contributed by atoms with Gasteiger partial charge in [-0.05, 0) is 62.5 Å². The van der Waals surface area contributed by atoms with Gasteiger partial charge in [0.15, 0.2) is 0 Å². The Hall–Kier alpha value is 0.220. The van der Waals surface area contributed by atoms with E-state index < -0.39 is 6.09 Å². The lowest BCUT2D eigenvalue weighted by Crippen LogP contribution is -1.92. The average Bonchev–Trinajstić information content (AvgIpc) is 2.66. The first kappa shape index (κ1) is 34.7. The molecule has 0 aromatic heterocycles. The topological polar surface area (TPSA) is 0 Å². The highest BCUT2D eigenvalue weighted by Gasteiger charge is 2.02. The zero-order valence-electron chi connectivity index (χ0n) is 20.9. The minimum Gasteiger partial charge on any atom is -0.0931 e. The molecule has 0 aliphatic carbocycles. The van der Waals surface area contributed by atoms with Crippen molar-refractivity contribution >= 4 is 33.6 Å². The Kier molecular flexibility index (Phi) is 31.2. The van der Waals surface area contributed by atoms with E-state index in [0.29, 0.717) is 5.92 Å². The lowest BCUT2D eigenvalue weighted by Gasteiger charge is -2.10. The summed E-state index contributed by atoms with van der Waals surface area (Å²) in [5.41, 5.74) is 4.27. The number of hydrogen-bond donors (Lipinski definition) is 0. The van der Waals surface area contributed by atoms with Crippen molar-refractivity contribution in [2.45, 2.75) is 94.4 Å². The Balaban J connectivity index is -0.000000151. The second-order valence-electron chi connectivity index (χ2n) is 6.47. The Morgan fingerprint density at radius 1 is 0.926 bits per heavy atom. The average molecular weight is 435 g/mol. The number of benzene rings is 1. The highest BCUT2D eigenvalue weighted by atomic mass is 33.3. The van der Waals surface area contributed by atoms with Crippen LogP contribution in [0.2, 0.25) is 0 Å². The quantitative estimate of drug-likeness (QED) is 0.334. The summed E-state index contributed by atoms with van der Waals surface area (Å²) in [6.07, 6.45) is 9.19. The third kappa shape index (κ3) is 26.2. The molecule has 1 aromatic rings. The van der Waals surface area contributed by atoms with Crippen LogP contribution >= 0.6 is 27.3 Å². The third-order valence-electron chi connectivity index (χ3n) is 3.49. The molecule has 0 fully saturated rings. The van der Waals surface area contributed by atoms with Crippen LogP contribution in [0.25, 0.3) is 0 Å². The molecule has 0 heterocycles. The summed E-state index contributed by atoms with van der Waals surface area (Å²) in [7, 11) is 3.72. The predicted octanol–water partition coefficient (Wildman–Crippen LogP) is 10.3. The van der Waals surface area contributed by atoms with E-state index in [1.54, 1.807) is 0 Å². The van der Waals surface area contributed by atoms with Crippen molar-refractivity contribution in [1.29, 1.82) is 0 Å². The summed E-state index contributed by atoms with van der Waals surface area (Å²) >= 11 is 0. The molecular weight excluding hydrogens is 383 g/mol. The largest absolute Gasteiger partial charge is 0.0931 e. The predicted molar refractivity (Wildman–Crippen MR) is 145 cm³/mol. The van der Waals surface area contributed by atoms with E-state index in [1.165, 1.54) is 36.0 Å². The first-order valence-electron chi connectivity index (χ1n) is 10.6. The molecule has 0 radical (unpaired) electrons. The Morgan fingerprint density at radius 2 is 1.37 bits per heavy atom. The maximum Gasteiger partial charge on any atom is -0.00759 e. The molecule has 0 aliphatic rings. The zero-order valence-corrected chi connectivity index (χ0v) is 23.4. The van der Waals surface area contributed by atoms with Crippen LogP contribution in [0, 0.1) is 13.8 Å². The van der Waals surface area contributed by atoms with Crippen LogP contribution in [0.1, 0.15) is 97.3 Å². The normalized spacial score (nSPS) is 10.4. The van der Waals surface area contributed by atoms with E-state index >= 15 is 0 Å². The van der Waals surface area contributed by atoms with Crippen molar-refractivity contribution in [3.05, 3.63) is 34.9 Å². The molecule has 0 spiro atoms. The SMILES string of the molecule is C=P(C)(C)SSC.CC.CC.CCC(C)c1ccc(C)c(C)c1.CCCC. The van der Waals surface area contributed by atoms with Crippen molar-refractivity contribution in [3.8, 4) is 0 Å². The summed E-state index contributed by atoms with van der Waals surface area (Å²) in [6.45, 7) is 25.7. The molecule has 0 amide bonds. The molecule has 3 heteroatoms. The van der Waals surface area contributed by atoms with Crippen LogP contribution < -0.4 is 0 Å². The molecule has 0 saturated carbocycles. The fourth-order valence-electron chi connectivity index (χ4n) is 1.51. The maximum atomic E-state index is 4.01. The number of aryl methyl sites for hydroxylation is 2. The second-order valence-corrected chi connectivity index (χ2v) is 15.9. The van der Waals surface area contributed by atoms with Gasteiger partial charge in [-0.15, -0.1) is 0 Å². The molecule has 0 nitrogen and oxygen atoms in total. The van der Waals surface area contributed by atoms with Gasteiger partial charge < -0.3 is 0 Å². The van der Waals surface area contributed by atoms with Crippen molar-refractivity contribution in [3.63, 3.8) is 0 Å². The second kappa shape index (κ2) is 24.3. The molecule has 0 bridgehead atoms. The molecule has 27 heavy (non-hydrogen) atoms. The van der Waals surface area contributed by atoms with E-state index in [1.807, 2.05) is 48.9 Å². The minimum atomic E-state index is -0.786. The van der Waals surface area contributed by atoms with Crippen LogP contribution in [0.15, 0.2) is 18.2 Å². The van der Waals surface area contributed by atoms with Gasteiger partial charge in [0.05, 0.1) is 0 Å². The van der Waals surface area contributed by atoms with Gasteiger partial charge in [-0.25, -0.2) is 0 Å². The first-order valence-corrected chi connectivity index (χ1v) is 16.6. The Morgan fingerprint density at radius 3 is 1.59 bits per heavy atom. The summed E-state index contributed by atoms with van der Waals surface area (Å²) in [6, 6.07) is 6.77. The van der Waals surface area contributed by atoms with Gasteiger partial charge in [0.2, 0.25) is 0 Å². The monoisotopic (exact) mass is 434 g/mol. The maximum absolute atomic E-state index is 4.01. The third-order valence-corrected chi connectivity index (χ3v) is 10.7. The van der Waals surface area contributed by atoms with E-state index in [2.05, 4.69) is 85.6 Å². The number of unbranched alkanes of at least 4 members (excludes halogenated alkanes) is 1. The van der Waals surface area contributed by atoms with Crippen LogP contribution in [-0.2, 0) is 0 Å². The number of rotatable bonds is 5. The zero-order chi connectivity index (χ0) is 22.5. The summed E-state index contributed by atoms with van der Waals surface area (Å²) in [5.74, 6) is 0.698. The molecule has 1 rings (SSSR count). The van der Waals surface area contributed by atoms with Gasteiger partial charge in [-0.3, -0.25) is 0 Å². The standard InChI is InChI=1S/C12H18.C4H11PS2.C4H10.2C2H6/c1-5-9(2)12-7-6-10(3)11(4)8-12;1-5(2,3)7-6-4;1-3-4-2;2*1-2/h6-9H,5H2,1-4H3;1H2,2-4H3;3-4H2,1-2H3;2*1-2H3. The highest BCUT2D eigenvalue weighted by Crippen LogP contribution is 2.56. The number of hydrogen-bond acceptors (Lipinski definition) is 2. The molecule has 0 N–H and O–H groups in total. The van der Waals surface area contributed by atoms with Gasteiger partial charge in [-0.1, -0.05) is 120 Å². The first-order chi connectivity index (χ1) is 12.6. The Bertz CT molecular complexity index is 448. The molecule has 1 aromatic carbocycles. The van der Waals surface area contributed by atoms with E-state index in [4.69, 9.17) is 0 Å². The van der Waals surface area contributed by atoms with Crippen molar-refractivity contribution < 1.29 is 0 Å². The Labute approximate surface area is 182 Å². The molecule has 1 atom stereocenters. The highest BCUT2D eigenvalue weighted by molar-refractivity contribution is 9.00. The summed E-state index contributed by atoms with van der Waals surface area (Å²) in [5, 5.41) is 0. The molecule has 0 aliphatic heterocycles. The fourth-order valence-corrected chi connectivity index (χ4v) is 6.75. The molecule has 0 saturated heterocycles. The fraction of sp³-hybridized carbons (Fsp3) is 0.708. The summed E-state index contributed by atoms with van der Waals surface area (Å²) in [4.78, 5) is 0. The van der Waals surface area contributed by atoms with E-state index in [-0.39, 0.29) is 0 Å². The van der Waals surface area contributed by atoms with Crippen LogP contribution in [0.4, 0.5) is 0 Å². The van der Waals surface area contributed by atoms with Gasteiger partial charge in [-0.2, -0.15) is 0 Å². The smallest absolute Gasteiger partial charge is 0.00759 e. The van der Waals surface area contributed by atoms with Crippen molar-refractivity contribution in [2.24, 2.45) is 0 Å². The van der Waals surface area contributed by atoms with Crippen molar-refractivity contribution in [2.75, 3.05) is 19.6 Å². The van der Waals surface area contributed by atoms with Crippen molar-refractivity contribution in [1.82, 2.24) is 0 Å². The van der Waals surface area contributed by atoms with Crippen LogP contribution in [-0.4, -0.2) is 25.9 Å². The van der Waals surface area contributed by atoms with E-state index in [0.717, 1.165) is 0 Å². The van der Waals surface area contributed by atoms with Gasteiger partial charge >= 0.3 is 0 Å². The van der Waals surface area contributed by atoms with Gasteiger partial charge in [0, 0.05) is 0 Å². The van der Waals surface area contributed by atoms with Gasteiger partial charge in [0.1, 0.15) is 0 Å². The lowest BCUT2D eigenvalue weighted by atomic mass is 9.95. The van der Waals surface area contributed by atoms with Crippen LogP contribution in [0.5, 0.6) is 0 Å². The van der Waals surface area contributed by atoms with Crippen LogP contribution in [0.3, 0.4) is 0 Å². The summed E-state index contributed by atoms with van der Waals surface area (Å²) < 4.78 is 0. The van der Waals surface area contributed by atoms with E-state index in [9.17, 15) is 0 Å². The molecule has 164 valence electrons. The molecular formula is C24H51PS2. The van der Waals surface area contributed by atoms with Gasteiger partial charge in [0.25, 0.3) is 0 Å². The minimum absolute atomic E-state index is 0.698. The lowest BCUT2D eigenvalue weighted by molar-refractivity contribution is 0.732. The molecule has 1 unspecified atom stereocenters.